The Morgan fingerprint density at radius 1 is 1.00 bits per heavy atom. The molecule has 3 saturated carbocycles. The summed E-state index contributed by atoms with van der Waals surface area (Å²) in [6.45, 7) is 4.22. The quantitative estimate of drug-likeness (QED) is 0.690. The van der Waals surface area contributed by atoms with Crippen molar-refractivity contribution in [2.24, 2.45) is 28.6 Å². The molecular weight excluding hydrogens is 276 g/mol. The molecule has 0 aliphatic heterocycles. The maximum absolute atomic E-state index is 13.0. The lowest BCUT2D eigenvalue weighted by molar-refractivity contribution is -0.149. The van der Waals surface area contributed by atoms with Crippen LogP contribution in [0.5, 0.6) is 0 Å². The van der Waals surface area contributed by atoms with Gasteiger partial charge in [0, 0.05) is 30.6 Å². The van der Waals surface area contributed by atoms with E-state index in [4.69, 9.17) is 0 Å². The van der Waals surface area contributed by atoms with Crippen LogP contribution in [0.25, 0.3) is 0 Å². The Morgan fingerprint density at radius 2 is 1.77 bits per heavy atom. The van der Waals surface area contributed by atoms with Crippen LogP contribution in [0.2, 0.25) is 0 Å². The maximum Gasteiger partial charge on any atom is 0.155 e. The van der Waals surface area contributed by atoms with E-state index in [0.29, 0.717) is 36.9 Å². The summed E-state index contributed by atoms with van der Waals surface area (Å²) < 4.78 is 0. The minimum absolute atomic E-state index is 0.0320. The molecule has 0 aromatic rings. The largest absolute Gasteiger partial charge is 0.299 e. The number of ketones is 3. The van der Waals surface area contributed by atoms with Gasteiger partial charge in [0.2, 0.25) is 0 Å². The molecule has 0 aromatic carbocycles. The Morgan fingerprint density at radius 3 is 2.55 bits per heavy atom. The minimum Gasteiger partial charge on any atom is -0.299 e. The van der Waals surface area contributed by atoms with Gasteiger partial charge in [0.05, 0.1) is 0 Å². The van der Waals surface area contributed by atoms with Gasteiger partial charge in [-0.3, -0.25) is 14.4 Å². The van der Waals surface area contributed by atoms with Crippen LogP contribution in [0.1, 0.15) is 58.8 Å². The lowest BCUT2D eigenvalue weighted by atomic mass is 9.47. The van der Waals surface area contributed by atoms with E-state index in [9.17, 15) is 14.4 Å². The molecule has 4 aliphatic carbocycles. The van der Waals surface area contributed by atoms with Crippen LogP contribution in [0, 0.1) is 28.6 Å². The molecule has 0 radical (unpaired) electrons. The molecule has 3 heteroatoms. The zero-order valence-electron chi connectivity index (χ0n) is 13.5. The predicted octanol–water partition coefficient (Wildman–Crippen LogP) is 3.27. The molecule has 0 aromatic heterocycles. The van der Waals surface area contributed by atoms with Crippen molar-refractivity contribution in [2.45, 2.75) is 58.8 Å². The number of fused-ring (bicyclic) bond motifs is 5. The molecule has 0 heterocycles. The molecule has 22 heavy (non-hydrogen) atoms. The van der Waals surface area contributed by atoms with Crippen molar-refractivity contribution in [1.29, 1.82) is 0 Å². The second kappa shape index (κ2) is 4.39. The molecule has 0 bridgehead atoms. The van der Waals surface area contributed by atoms with Crippen molar-refractivity contribution in [3.63, 3.8) is 0 Å². The van der Waals surface area contributed by atoms with Gasteiger partial charge in [0.1, 0.15) is 11.6 Å². The fraction of sp³-hybridized carbons (Fsp3) is 0.737. The molecular formula is C19H24O3. The standard InChI is InChI=1S/C19H24O3/c1-18-8-7-12(20)9-11(18)3-4-13-14-5-6-16(22)19(14,2)10-15(21)17(13)18/h9,13-14,17H,3-8,10H2,1-2H3/t13-,14+,17+,18-,19+/m0/s1. The van der Waals surface area contributed by atoms with Gasteiger partial charge in [0.15, 0.2) is 5.78 Å². The summed E-state index contributed by atoms with van der Waals surface area (Å²) in [4.78, 5) is 37.1. The molecule has 0 N–H and O–H groups in total. The maximum atomic E-state index is 13.0. The molecule has 0 unspecified atom stereocenters. The van der Waals surface area contributed by atoms with E-state index in [-0.39, 0.29) is 22.9 Å². The lowest BCUT2D eigenvalue weighted by Crippen LogP contribution is -2.55. The van der Waals surface area contributed by atoms with Crippen molar-refractivity contribution in [1.82, 2.24) is 0 Å². The number of hydrogen-bond acceptors (Lipinski definition) is 3. The third-order valence-corrected chi connectivity index (χ3v) is 7.36. The topological polar surface area (TPSA) is 51.2 Å². The molecule has 0 spiro atoms. The highest BCUT2D eigenvalue weighted by molar-refractivity contribution is 5.96. The third-order valence-electron chi connectivity index (χ3n) is 7.36. The van der Waals surface area contributed by atoms with Crippen molar-refractivity contribution in [2.75, 3.05) is 0 Å². The summed E-state index contributed by atoms with van der Waals surface area (Å²) in [6.07, 6.45) is 7.12. The first-order valence-corrected chi connectivity index (χ1v) is 8.66. The predicted molar refractivity (Wildman–Crippen MR) is 82.1 cm³/mol. The van der Waals surface area contributed by atoms with E-state index < -0.39 is 5.41 Å². The van der Waals surface area contributed by atoms with Crippen LogP contribution in [-0.2, 0) is 14.4 Å². The summed E-state index contributed by atoms with van der Waals surface area (Å²) in [5.74, 6) is 1.54. The van der Waals surface area contributed by atoms with Crippen molar-refractivity contribution in [3.8, 4) is 0 Å². The monoisotopic (exact) mass is 300 g/mol. The number of allylic oxidation sites excluding steroid dienone is 1. The Balaban J connectivity index is 1.77. The normalized spacial score (nSPS) is 47.6. The van der Waals surface area contributed by atoms with Crippen LogP contribution < -0.4 is 0 Å². The molecule has 0 saturated heterocycles. The SMILES string of the molecule is C[C@@]12CC(=O)[C@H]3[C@@H](CCC4=CC(=O)CC[C@@]43C)[C@H]1CCC2=O. The van der Waals surface area contributed by atoms with Crippen molar-refractivity contribution < 1.29 is 14.4 Å². The van der Waals surface area contributed by atoms with E-state index in [1.807, 2.05) is 13.0 Å². The first-order valence-electron chi connectivity index (χ1n) is 8.66. The van der Waals surface area contributed by atoms with Gasteiger partial charge in [-0.1, -0.05) is 19.4 Å². The molecule has 4 aliphatic rings. The Kier molecular flexibility index (Phi) is 2.87. The van der Waals surface area contributed by atoms with Crippen LogP contribution in [0.15, 0.2) is 11.6 Å². The second-order valence-corrected chi connectivity index (χ2v) is 8.36. The van der Waals surface area contributed by atoms with Crippen LogP contribution in [0.3, 0.4) is 0 Å². The average molecular weight is 300 g/mol. The van der Waals surface area contributed by atoms with Gasteiger partial charge in [0.25, 0.3) is 0 Å². The number of Topliss-reactive ketones (excluding diaryl/α,β-unsaturated/α-hetero) is 2. The van der Waals surface area contributed by atoms with E-state index in [2.05, 4.69) is 6.92 Å². The van der Waals surface area contributed by atoms with Crippen LogP contribution in [0.4, 0.5) is 0 Å². The summed E-state index contributed by atoms with van der Waals surface area (Å²) in [7, 11) is 0. The zero-order chi connectivity index (χ0) is 15.7. The summed E-state index contributed by atoms with van der Waals surface area (Å²) in [5, 5.41) is 0. The molecule has 5 atom stereocenters. The van der Waals surface area contributed by atoms with Gasteiger partial charge >= 0.3 is 0 Å². The molecule has 118 valence electrons. The summed E-state index contributed by atoms with van der Waals surface area (Å²) in [5.41, 5.74) is 0.660. The number of rotatable bonds is 0. The van der Waals surface area contributed by atoms with Crippen LogP contribution >= 0.6 is 0 Å². The summed E-state index contributed by atoms with van der Waals surface area (Å²) in [6, 6.07) is 0. The van der Waals surface area contributed by atoms with E-state index >= 15 is 0 Å². The van der Waals surface area contributed by atoms with Gasteiger partial charge in [-0.25, -0.2) is 0 Å². The van der Waals surface area contributed by atoms with E-state index in [0.717, 1.165) is 25.7 Å². The van der Waals surface area contributed by atoms with Gasteiger partial charge in [-0.2, -0.15) is 0 Å². The Labute approximate surface area is 131 Å². The highest BCUT2D eigenvalue weighted by Crippen LogP contribution is 2.63. The number of carbonyl (C=O) groups excluding carboxylic acids is 3. The zero-order valence-corrected chi connectivity index (χ0v) is 13.5. The average Bonchev–Trinajstić information content (AvgIpc) is 2.75. The first-order chi connectivity index (χ1) is 10.4. The molecule has 3 nitrogen and oxygen atoms in total. The molecule has 4 rings (SSSR count). The van der Waals surface area contributed by atoms with Crippen molar-refractivity contribution >= 4 is 17.3 Å². The summed E-state index contributed by atoms with van der Waals surface area (Å²) >= 11 is 0. The smallest absolute Gasteiger partial charge is 0.155 e. The highest BCUT2D eigenvalue weighted by atomic mass is 16.1. The third kappa shape index (κ3) is 1.65. The number of hydrogen-bond donors (Lipinski definition) is 0. The van der Waals surface area contributed by atoms with E-state index in [1.165, 1.54) is 5.57 Å². The number of carbonyl (C=O) groups is 3. The first kappa shape index (κ1) is 14.3. The van der Waals surface area contributed by atoms with Crippen molar-refractivity contribution in [3.05, 3.63) is 11.6 Å². The minimum atomic E-state index is -0.402. The van der Waals surface area contributed by atoms with Crippen LogP contribution in [-0.4, -0.2) is 17.3 Å². The fourth-order valence-corrected chi connectivity index (χ4v) is 6.16. The fourth-order valence-electron chi connectivity index (χ4n) is 6.16. The molecule has 0 amide bonds. The Hall–Kier alpha value is -1.25. The highest BCUT2D eigenvalue weighted by Gasteiger charge is 2.62. The van der Waals surface area contributed by atoms with Gasteiger partial charge in [-0.15, -0.1) is 0 Å². The van der Waals surface area contributed by atoms with Gasteiger partial charge in [-0.05, 0) is 49.0 Å². The van der Waals surface area contributed by atoms with Gasteiger partial charge < -0.3 is 0 Å². The van der Waals surface area contributed by atoms with E-state index in [1.54, 1.807) is 0 Å². The lowest BCUT2D eigenvalue weighted by Gasteiger charge is -2.55. The Bertz CT molecular complexity index is 616. The second-order valence-electron chi connectivity index (χ2n) is 8.36. The molecule has 3 fully saturated rings.